The molecular weight excluding hydrogens is 271 g/mol. The number of rotatable bonds is 0. The minimum atomic E-state index is -4.81. The lowest BCUT2D eigenvalue weighted by atomic mass is 9.92. The number of Topliss-reactive ketones (excluding diaryl/α,β-unsaturated/α-hetero) is 1. The summed E-state index contributed by atoms with van der Waals surface area (Å²) in [6.07, 6.45) is -5.73. The van der Waals surface area contributed by atoms with Crippen molar-refractivity contribution >= 4 is 16.6 Å². The van der Waals surface area contributed by atoms with Crippen LogP contribution in [0.1, 0.15) is 16.8 Å². The van der Waals surface area contributed by atoms with Gasteiger partial charge in [0.25, 0.3) is 5.72 Å². The predicted octanol–water partition coefficient (Wildman–Crippen LogP) is 3.02. The number of nitrogens with two attached hydrogens (primary N) is 1. The molecule has 104 valence electrons. The molecule has 2 N–H and O–H groups in total. The van der Waals surface area contributed by atoms with E-state index in [9.17, 15) is 18.0 Å². The Morgan fingerprint density at radius 3 is 2.55 bits per heavy atom. The second-order valence-electron chi connectivity index (χ2n) is 4.75. The van der Waals surface area contributed by atoms with Crippen LogP contribution in [0.5, 0.6) is 5.75 Å². The molecule has 0 spiro atoms. The normalized spacial score (nSPS) is 22.5. The first kappa shape index (κ1) is 12.9. The monoisotopic (exact) mass is 281 g/mol. The van der Waals surface area contributed by atoms with Crippen molar-refractivity contribution in [2.45, 2.75) is 18.3 Å². The van der Waals surface area contributed by atoms with E-state index in [0.717, 1.165) is 5.39 Å². The van der Waals surface area contributed by atoms with E-state index in [1.807, 2.05) is 0 Å². The lowest BCUT2D eigenvalue weighted by Gasteiger charge is -2.36. The highest BCUT2D eigenvalue weighted by atomic mass is 19.4. The molecule has 1 aliphatic heterocycles. The number of hydrogen-bond acceptors (Lipinski definition) is 3. The Kier molecular flexibility index (Phi) is 2.56. The first-order valence-electron chi connectivity index (χ1n) is 5.91. The summed E-state index contributed by atoms with van der Waals surface area (Å²) < 4.78 is 43.6. The Hall–Kier alpha value is -2.08. The molecule has 0 fully saturated rings. The Morgan fingerprint density at radius 2 is 1.85 bits per heavy atom. The van der Waals surface area contributed by atoms with E-state index in [1.54, 1.807) is 30.3 Å². The molecule has 1 heterocycles. The fraction of sp³-hybridized carbons (Fsp3) is 0.214. The summed E-state index contributed by atoms with van der Waals surface area (Å²) >= 11 is 0. The van der Waals surface area contributed by atoms with Gasteiger partial charge in [0, 0.05) is 0 Å². The molecule has 0 saturated carbocycles. The Morgan fingerprint density at radius 1 is 1.15 bits per heavy atom. The van der Waals surface area contributed by atoms with Crippen LogP contribution in [0.25, 0.3) is 10.8 Å². The average molecular weight is 281 g/mol. The molecule has 1 unspecified atom stereocenters. The van der Waals surface area contributed by atoms with Crippen molar-refractivity contribution in [2.75, 3.05) is 0 Å². The molecule has 0 amide bonds. The third-order valence-corrected chi connectivity index (χ3v) is 3.36. The number of ketones is 1. The van der Waals surface area contributed by atoms with Crippen molar-refractivity contribution in [1.82, 2.24) is 0 Å². The van der Waals surface area contributed by atoms with Crippen molar-refractivity contribution in [3.63, 3.8) is 0 Å². The van der Waals surface area contributed by atoms with Crippen LogP contribution in [0.15, 0.2) is 36.4 Å². The van der Waals surface area contributed by atoms with E-state index < -0.39 is 24.1 Å². The Bertz CT molecular complexity index is 711. The minimum Gasteiger partial charge on any atom is -0.462 e. The maximum atomic E-state index is 12.9. The molecule has 2 aromatic carbocycles. The van der Waals surface area contributed by atoms with E-state index in [-0.39, 0.29) is 11.3 Å². The number of halogens is 3. The van der Waals surface area contributed by atoms with E-state index >= 15 is 0 Å². The van der Waals surface area contributed by atoms with Gasteiger partial charge < -0.3 is 4.74 Å². The first-order valence-corrected chi connectivity index (χ1v) is 5.91. The van der Waals surface area contributed by atoms with Crippen molar-refractivity contribution in [2.24, 2.45) is 5.73 Å². The number of fused-ring (bicyclic) bond motifs is 3. The Balaban J connectivity index is 2.20. The van der Waals surface area contributed by atoms with Crippen LogP contribution in [0.2, 0.25) is 0 Å². The van der Waals surface area contributed by atoms with Crippen molar-refractivity contribution in [3.8, 4) is 5.75 Å². The van der Waals surface area contributed by atoms with Crippen LogP contribution < -0.4 is 10.5 Å². The molecule has 1 aliphatic rings. The maximum Gasteiger partial charge on any atom is 0.443 e. The first-order chi connectivity index (χ1) is 9.32. The number of carbonyl (C=O) groups is 1. The van der Waals surface area contributed by atoms with Gasteiger partial charge in [0.15, 0.2) is 5.78 Å². The molecule has 6 heteroatoms. The Labute approximate surface area is 112 Å². The molecule has 0 bridgehead atoms. The van der Waals surface area contributed by atoms with Gasteiger partial charge in [-0.25, -0.2) is 0 Å². The minimum absolute atomic E-state index is 0.125. The maximum absolute atomic E-state index is 12.9. The molecule has 20 heavy (non-hydrogen) atoms. The van der Waals surface area contributed by atoms with Gasteiger partial charge >= 0.3 is 6.18 Å². The van der Waals surface area contributed by atoms with E-state index in [2.05, 4.69) is 0 Å². The third-order valence-electron chi connectivity index (χ3n) is 3.36. The van der Waals surface area contributed by atoms with E-state index in [4.69, 9.17) is 10.5 Å². The molecule has 0 aliphatic carbocycles. The van der Waals surface area contributed by atoms with Crippen LogP contribution in [-0.2, 0) is 0 Å². The summed E-state index contributed by atoms with van der Waals surface area (Å²) in [6, 6.07) is 9.89. The summed E-state index contributed by atoms with van der Waals surface area (Å²) in [6.45, 7) is 0. The van der Waals surface area contributed by atoms with Crippen LogP contribution in [0, 0.1) is 0 Å². The predicted molar refractivity (Wildman–Crippen MR) is 66.5 cm³/mol. The zero-order valence-corrected chi connectivity index (χ0v) is 10.2. The second kappa shape index (κ2) is 3.96. The quantitative estimate of drug-likeness (QED) is 0.807. The van der Waals surface area contributed by atoms with Crippen molar-refractivity contribution in [3.05, 3.63) is 42.0 Å². The molecule has 1 atom stereocenters. The van der Waals surface area contributed by atoms with Crippen LogP contribution >= 0.6 is 0 Å². The van der Waals surface area contributed by atoms with Crippen molar-refractivity contribution in [1.29, 1.82) is 0 Å². The topological polar surface area (TPSA) is 52.3 Å². The summed E-state index contributed by atoms with van der Waals surface area (Å²) in [5.41, 5.74) is 2.42. The van der Waals surface area contributed by atoms with E-state index in [0.29, 0.717) is 5.39 Å². The highest BCUT2D eigenvalue weighted by molar-refractivity contribution is 6.11. The van der Waals surface area contributed by atoms with Crippen LogP contribution in [0.4, 0.5) is 13.2 Å². The van der Waals surface area contributed by atoms with E-state index in [1.165, 1.54) is 6.07 Å². The van der Waals surface area contributed by atoms with Gasteiger partial charge in [0.05, 0.1) is 12.0 Å². The lowest BCUT2D eigenvalue weighted by Crippen LogP contribution is -2.60. The third kappa shape index (κ3) is 1.76. The summed E-state index contributed by atoms with van der Waals surface area (Å²) in [5, 5.41) is 1.33. The van der Waals surface area contributed by atoms with Gasteiger partial charge in [-0.3, -0.25) is 10.5 Å². The summed E-state index contributed by atoms with van der Waals surface area (Å²) in [7, 11) is 0. The van der Waals surface area contributed by atoms with Gasteiger partial charge in [-0.2, -0.15) is 13.2 Å². The fourth-order valence-corrected chi connectivity index (χ4v) is 2.34. The number of alkyl halides is 3. The standard InChI is InChI=1S/C14H10F3NO2/c15-14(16,17)13(18)7-10(19)12-9-4-2-1-3-8(9)5-6-11(12)20-13/h1-6H,7,18H2. The lowest BCUT2D eigenvalue weighted by molar-refractivity contribution is -0.246. The highest BCUT2D eigenvalue weighted by Crippen LogP contribution is 2.42. The second-order valence-corrected chi connectivity index (χ2v) is 4.75. The zero-order chi connectivity index (χ0) is 14.5. The highest BCUT2D eigenvalue weighted by Gasteiger charge is 2.58. The largest absolute Gasteiger partial charge is 0.462 e. The van der Waals surface area contributed by atoms with Gasteiger partial charge in [-0.1, -0.05) is 30.3 Å². The molecular formula is C14H10F3NO2. The van der Waals surface area contributed by atoms with Crippen LogP contribution in [-0.4, -0.2) is 17.7 Å². The summed E-state index contributed by atoms with van der Waals surface area (Å²) in [4.78, 5) is 12.1. The van der Waals surface area contributed by atoms with Crippen molar-refractivity contribution < 1.29 is 22.7 Å². The molecule has 0 aromatic heterocycles. The van der Waals surface area contributed by atoms with Gasteiger partial charge in [0.1, 0.15) is 5.75 Å². The molecule has 0 saturated heterocycles. The SMILES string of the molecule is NC1(C(F)(F)F)CC(=O)c2c(ccc3ccccc23)O1. The molecule has 3 rings (SSSR count). The number of ether oxygens (including phenoxy) is 1. The average Bonchev–Trinajstić information content (AvgIpc) is 2.36. The number of carbonyl (C=O) groups excluding carboxylic acids is 1. The summed E-state index contributed by atoms with van der Waals surface area (Å²) in [5.74, 6) is -0.789. The molecule has 3 nitrogen and oxygen atoms in total. The van der Waals surface area contributed by atoms with Gasteiger partial charge in [0.2, 0.25) is 0 Å². The zero-order valence-electron chi connectivity index (χ0n) is 10.2. The molecule has 2 aromatic rings. The number of benzene rings is 2. The van der Waals surface area contributed by atoms with Gasteiger partial charge in [-0.05, 0) is 16.8 Å². The van der Waals surface area contributed by atoms with Crippen LogP contribution in [0.3, 0.4) is 0 Å². The smallest absolute Gasteiger partial charge is 0.443 e. The number of hydrogen-bond donors (Lipinski definition) is 1. The molecule has 0 radical (unpaired) electrons. The van der Waals surface area contributed by atoms with Gasteiger partial charge in [-0.15, -0.1) is 0 Å². The fourth-order valence-electron chi connectivity index (χ4n) is 2.34.